The number of hydrogen-bond donors (Lipinski definition) is 3. The smallest absolute Gasteiger partial charge is 0.224 e. The summed E-state index contributed by atoms with van der Waals surface area (Å²) in [5.74, 6) is -0.0950. The highest BCUT2D eigenvalue weighted by Gasteiger charge is 2.09. The van der Waals surface area contributed by atoms with Crippen molar-refractivity contribution < 1.29 is 15.0 Å². The van der Waals surface area contributed by atoms with Crippen molar-refractivity contribution in [2.75, 3.05) is 6.61 Å². The third-order valence-electron chi connectivity index (χ3n) is 2.02. The molecule has 1 rings (SSSR count). The van der Waals surface area contributed by atoms with Crippen molar-refractivity contribution in [1.29, 1.82) is 0 Å². The highest BCUT2D eigenvalue weighted by atomic mass is 16.3. The summed E-state index contributed by atoms with van der Waals surface area (Å²) >= 11 is 0. The molecule has 0 aliphatic rings. The van der Waals surface area contributed by atoms with E-state index in [0.29, 0.717) is 5.56 Å². The Hall–Kier alpha value is -1.55. The van der Waals surface area contributed by atoms with Crippen LogP contribution in [0.1, 0.15) is 12.5 Å². The van der Waals surface area contributed by atoms with Gasteiger partial charge >= 0.3 is 0 Å². The van der Waals surface area contributed by atoms with Gasteiger partial charge in [-0.05, 0) is 13.0 Å². The van der Waals surface area contributed by atoms with Gasteiger partial charge in [0.05, 0.1) is 13.0 Å². The van der Waals surface area contributed by atoms with Crippen LogP contribution in [0.2, 0.25) is 0 Å². The van der Waals surface area contributed by atoms with E-state index in [2.05, 4.69) is 5.32 Å². The molecule has 4 heteroatoms. The molecule has 82 valence electrons. The second-order valence-corrected chi connectivity index (χ2v) is 3.46. The zero-order valence-corrected chi connectivity index (χ0v) is 8.60. The Labute approximate surface area is 88.6 Å². The lowest BCUT2D eigenvalue weighted by atomic mass is 10.1. The first-order valence-corrected chi connectivity index (χ1v) is 4.80. The maximum atomic E-state index is 11.4. The van der Waals surface area contributed by atoms with Gasteiger partial charge in [0, 0.05) is 11.6 Å². The summed E-state index contributed by atoms with van der Waals surface area (Å²) in [4.78, 5) is 11.4. The number of benzene rings is 1. The molecule has 0 heterocycles. The Morgan fingerprint density at radius 3 is 2.73 bits per heavy atom. The average molecular weight is 209 g/mol. The van der Waals surface area contributed by atoms with Crippen LogP contribution in [0.5, 0.6) is 5.75 Å². The molecule has 0 bridgehead atoms. The molecule has 1 aromatic rings. The number of aliphatic hydroxyl groups excluding tert-OH is 1. The fourth-order valence-corrected chi connectivity index (χ4v) is 1.20. The van der Waals surface area contributed by atoms with Crippen molar-refractivity contribution in [3.05, 3.63) is 29.8 Å². The summed E-state index contributed by atoms with van der Waals surface area (Å²) < 4.78 is 0. The van der Waals surface area contributed by atoms with Gasteiger partial charge in [-0.3, -0.25) is 4.79 Å². The van der Waals surface area contributed by atoms with E-state index in [-0.39, 0.29) is 30.7 Å². The molecular formula is C11H15NO3. The van der Waals surface area contributed by atoms with E-state index in [1.807, 2.05) is 0 Å². The lowest BCUT2D eigenvalue weighted by Crippen LogP contribution is -2.35. The molecule has 4 nitrogen and oxygen atoms in total. The van der Waals surface area contributed by atoms with Crippen LogP contribution in [0.15, 0.2) is 24.3 Å². The molecule has 0 aliphatic heterocycles. The standard InChI is InChI=1S/C11H15NO3/c1-8(7-13)12-11(15)6-9-4-2-3-5-10(9)14/h2-5,8,13-14H,6-7H2,1H3,(H,12,15)/t8-/m0/s1. The SMILES string of the molecule is C[C@@H](CO)NC(=O)Cc1ccccc1O. The van der Waals surface area contributed by atoms with E-state index in [0.717, 1.165) is 0 Å². The molecule has 0 saturated carbocycles. The Kier molecular flexibility index (Phi) is 4.12. The van der Waals surface area contributed by atoms with Gasteiger partial charge in [0.2, 0.25) is 5.91 Å². The molecule has 1 amide bonds. The van der Waals surface area contributed by atoms with E-state index in [1.54, 1.807) is 25.1 Å². The number of phenolic OH excluding ortho intramolecular Hbond substituents is 1. The summed E-state index contributed by atoms with van der Waals surface area (Å²) in [6.45, 7) is 1.62. The first kappa shape index (κ1) is 11.5. The second kappa shape index (κ2) is 5.36. The fourth-order valence-electron chi connectivity index (χ4n) is 1.20. The number of carbonyl (C=O) groups excluding carboxylic acids is 1. The predicted octanol–water partition coefficient (Wildman–Crippen LogP) is 0.432. The number of aliphatic hydroxyl groups is 1. The topological polar surface area (TPSA) is 69.6 Å². The van der Waals surface area contributed by atoms with E-state index in [4.69, 9.17) is 5.11 Å². The van der Waals surface area contributed by atoms with Crippen LogP contribution in [-0.2, 0) is 11.2 Å². The van der Waals surface area contributed by atoms with Crippen LogP contribution >= 0.6 is 0 Å². The molecule has 0 fully saturated rings. The highest BCUT2D eigenvalue weighted by Crippen LogP contribution is 2.15. The molecule has 1 atom stereocenters. The number of amides is 1. The van der Waals surface area contributed by atoms with E-state index < -0.39 is 0 Å². The molecule has 0 unspecified atom stereocenters. The summed E-state index contributed by atoms with van der Waals surface area (Å²) in [6, 6.07) is 6.44. The van der Waals surface area contributed by atoms with Crippen LogP contribution in [-0.4, -0.2) is 28.8 Å². The normalized spacial score (nSPS) is 12.1. The van der Waals surface area contributed by atoms with Gasteiger partial charge < -0.3 is 15.5 Å². The third-order valence-corrected chi connectivity index (χ3v) is 2.02. The van der Waals surface area contributed by atoms with Crippen molar-refractivity contribution in [3.8, 4) is 5.75 Å². The number of nitrogens with one attached hydrogen (secondary N) is 1. The maximum Gasteiger partial charge on any atom is 0.224 e. The molecule has 3 N–H and O–H groups in total. The van der Waals surface area contributed by atoms with E-state index in [9.17, 15) is 9.90 Å². The van der Waals surface area contributed by atoms with Crippen molar-refractivity contribution in [2.24, 2.45) is 0 Å². The average Bonchev–Trinajstić information content (AvgIpc) is 2.21. The van der Waals surface area contributed by atoms with Crippen molar-refractivity contribution in [2.45, 2.75) is 19.4 Å². The first-order valence-electron chi connectivity index (χ1n) is 4.80. The van der Waals surface area contributed by atoms with Gasteiger partial charge in [0.15, 0.2) is 0 Å². The molecule has 0 spiro atoms. The van der Waals surface area contributed by atoms with Crippen molar-refractivity contribution in [1.82, 2.24) is 5.32 Å². The minimum atomic E-state index is -0.261. The van der Waals surface area contributed by atoms with Gasteiger partial charge in [0.1, 0.15) is 5.75 Å². The Bertz CT molecular complexity index is 338. The lowest BCUT2D eigenvalue weighted by molar-refractivity contribution is -0.121. The Balaban J connectivity index is 2.55. The van der Waals surface area contributed by atoms with Crippen molar-refractivity contribution >= 4 is 5.91 Å². The Morgan fingerprint density at radius 2 is 2.13 bits per heavy atom. The lowest BCUT2D eigenvalue weighted by Gasteiger charge is -2.11. The quantitative estimate of drug-likeness (QED) is 0.673. The van der Waals surface area contributed by atoms with Crippen LogP contribution < -0.4 is 5.32 Å². The molecule has 0 radical (unpaired) electrons. The summed E-state index contributed by atoms with van der Waals surface area (Å²) in [5.41, 5.74) is 0.583. The number of para-hydroxylation sites is 1. The third kappa shape index (κ3) is 3.59. The van der Waals surface area contributed by atoms with E-state index in [1.165, 1.54) is 6.07 Å². The van der Waals surface area contributed by atoms with Gasteiger partial charge in [-0.1, -0.05) is 18.2 Å². The molecular weight excluding hydrogens is 194 g/mol. The summed E-state index contributed by atoms with van der Waals surface area (Å²) in [6.07, 6.45) is 0.122. The maximum absolute atomic E-state index is 11.4. The summed E-state index contributed by atoms with van der Waals surface area (Å²) in [7, 11) is 0. The first-order chi connectivity index (χ1) is 7.13. The minimum Gasteiger partial charge on any atom is -0.508 e. The molecule has 0 aliphatic carbocycles. The number of aromatic hydroxyl groups is 1. The zero-order chi connectivity index (χ0) is 11.3. The van der Waals surface area contributed by atoms with Crippen LogP contribution in [0.4, 0.5) is 0 Å². The summed E-state index contributed by atoms with van der Waals surface area (Å²) in [5, 5.41) is 20.8. The fraction of sp³-hybridized carbons (Fsp3) is 0.364. The van der Waals surface area contributed by atoms with E-state index >= 15 is 0 Å². The largest absolute Gasteiger partial charge is 0.508 e. The highest BCUT2D eigenvalue weighted by molar-refractivity contribution is 5.79. The molecule has 0 saturated heterocycles. The minimum absolute atomic E-state index is 0.0908. The monoisotopic (exact) mass is 209 g/mol. The van der Waals surface area contributed by atoms with Crippen molar-refractivity contribution in [3.63, 3.8) is 0 Å². The number of rotatable bonds is 4. The van der Waals surface area contributed by atoms with Crippen LogP contribution in [0.3, 0.4) is 0 Å². The van der Waals surface area contributed by atoms with Crippen LogP contribution in [0.25, 0.3) is 0 Å². The molecule has 1 aromatic carbocycles. The predicted molar refractivity (Wildman–Crippen MR) is 56.5 cm³/mol. The van der Waals surface area contributed by atoms with Gasteiger partial charge in [-0.15, -0.1) is 0 Å². The Morgan fingerprint density at radius 1 is 1.47 bits per heavy atom. The number of hydrogen-bond acceptors (Lipinski definition) is 3. The van der Waals surface area contributed by atoms with Gasteiger partial charge in [-0.25, -0.2) is 0 Å². The molecule has 15 heavy (non-hydrogen) atoms. The van der Waals surface area contributed by atoms with Gasteiger partial charge in [-0.2, -0.15) is 0 Å². The molecule has 0 aromatic heterocycles. The number of phenols is 1. The van der Waals surface area contributed by atoms with Crippen LogP contribution in [0, 0.1) is 0 Å². The zero-order valence-electron chi connectivity index (χ0n) is 8.60. The van der Waals surface area contributed by atoms with Gasteiger partial charge in [0.25, 0.3) is 0 Å². The number of carbonyl (C=O) groups is 1. The second-order valence-electron chi connectivity index (χ2n) is 3.46.